The van der Waals surface area contributed by atoms with E-state index < -0.39 is 0 Å². The molecule has 1 aromatic heterocycles. The lowest BCUT2D eigenvalue weighted by molar-refractivity contribution is 0.102. The van der Waals surface area contributed by atoms with Gasteiger partial charge in [0.25, 0.3) is 5.91 Å². The first-order chi connectivity index (χ1) is 8.08. The minimum Gasteiger partial charge on any atom is -0.321 e. The smallest absolute Gasteiger partial charge is 0.256 e. The molecule has 1 heterocycles. The van der Waals surface area contributed by atoms with Crippen molar-refractivity contribution in [3.63, 3.8) is 0 Å². The summed E-state index contributed by atoms with van der Waals surface area (Å²) in [5, 5.41) is 7.20. The molecule has 0 aliphatic heterocycles. The van der Waals surface area contributed by atoms with E-state index >= 15 is 0 Å². The molecule has 17 heavy (non-hydrogen) atoms. The topological polar surface area (TPSA) is 29.1 Å². The number of aryl methyl sites for hydroxylation is 1. The van der Waals surface area contributed by atoms with Gasteiger partial charge in [0, 0.05) is 14.9 Å². The van der Waals surface area contributed by atoms with Crippen LogP contribution in [0.2, 0.25) is 5.02 Å². The van der Waals surface area contributed by atoms with Gasteiger partial charge in [-0.2, -0.15) is 11.3 Å². The Kier molecular flexibility index (Phi) is 3.86. The second kappa shape index (κ2) is 5.21. The van der Waals surface area contributed by atoms with E-state index in [9.17, 15) is 4.79 Å². The van der Waals surface area contributed by atoms with Gasteiger partial charge in [0.15, 0.2) is 0 Å². The molecule has 2 rings (SSSR count). The predicted molar refractivity (Wildman–Crippen MR) is 76.2 cm³/mol. The Bertz CT molecular complexity index is 567. The Balaban J connectivity index is 2.24. The third-order valence-electron chi connectivity index (χ3n) is 2.28. The van der Waals surface area contributed by atoms with E-state index in [0.717, 1.165) is 10.0 Å². The molecule has 88 valence electrons. The van der Waals surface area contributed by atoms with Crippen molar-refractivity contribution in [3.05, 3.63) is 49.6 Å². The van der Waals surface area contributed by atoms with E-state index in [-0.39, 0.29) is 5.91 Å². The van der Waals surface area contributed by atoms with Crippen LogP contribution in [-0.4, -0.2) is 5.91 Å². The number of carbonyl (C=O) groups is 1. The van der Waals surface area contributed by atoms with Crippen LogP contribution >= 0.6 is 38.9 Å². The molecule has 0 fully saturated rings. The van der Waals surface area contributed by atoms with Gasteiger partial charge in [-0.1, -0.05) is 11.6 Å². The number of thiophene rings is 1. The molecule has 0 unspecified atom stereocenters. The highest BCUT2D eigenvalue weighted by Crippen LogP contribution is 2.27. The van der Waals surface area contributed by atoms with Crippen molar-refractivity contribution < 1.29 is 4.79 Å². The number of amides is 1. The van der Waals surface area contributed by atoms with Crippen molar-refractivity contribution in [1.82, 2.24) is 0 Å². The molecule has 0 saturated carbocycles. The number of carbonyl (C=O) groups excluding carboxylic acids is 1. The van der Waals surface area contributed by atoms with Gasteiger partial charge < -0.3 is 5.32 Å². The van der Waals surface area contributed by atoms with Crippen LogP contribution in [0.25, 0.3) is 0 Å². The van der Waals surface area contributed by atoms with Gasteiger partial charge in [0.2, 0.25) is 0 Å². The van der Waals surface area contributed by atoms with Crippen LogP contribution in [-0.2, 0) is 0 Å². The van der Waals surface area contributed by atoms with Gasteiger partial charge in [0.1, 0.15) is 0 Å². The van der Waals surface area contributed by atoms with Crippen molar-refractivity contribution in [2.24, 2.45) is 0 Å². The van der Waals surface area contributed by atoms with Crippen LogP contribution in [0.3, 0.4) is 0 Å². The largest absolute Gasteiger partial charge is 0.321 e. The summed E-state index contributed by atoms with van der Waals surface area (Å²) in [4.78, 5) is 12.0. The molecule has 1 N–H and O–H groups in total. The number of rotatable bonds is 2. The van der Waals surface area contributed by atoms with E-state index in [1.54, 1.807) is 18.2 Å². The van der Waals surface area contributed by atoms with Gasteiger partial charge in [-0.15, -0.1) is 0 Å². The Morgan fingerprint density at radius 1 is 1.41 bits per heavy atom. The highest BCUT2D eigenvalue weighted by Gasteiger charge is 2.11. The van der Waals surface area contributed by atoms with Crippen molar-refractivity contribution >= 4 is 50.5 Å². The third kappa shape index (κ3) is 2.89. The molecule has 1 aromatic carbocycles. The SMILES string of the molecule is Cc1cscc1C(=O)Nc1cc(Cl)ccc1Br. The van der Waals surface area contributed by atoms with Crippen LogP contribution in [0.1, 0.15) is 15.9 Å². The average molecular weight is 331 g/mol. The van der Waals surface area contributed by atoms with E-state index in [0.29, 0.717) is 16.3 Å². The fraction of sp³-hybridized carbons (Fsp3) is 0.0833. The lowest BCUT2D eigenvalue weighted by Crippen LogP contribution is -2.12. The maximum absolute atomic E-state index is 12.0. The summed E-state index contributed by atoms with van der Waals surface area (Å²) < 4.78 is 0.808. The molecule has 2 nitrogen and oxygen atoms in total. The minimum absolute atomic E-state index is 0.119. The van der Waals surface area contributed by atoms with Crippen LogP contribution in [0.5, 0.6) is 0 Å². The van der Waals surface area contributed by atoms with Crippen LogP contribution in [0, 0.1) is 6.92 Å². The second-order valence-corrected chi connectivity index (χ2v) is 5.58. The highest BCUT2D eigenvalue weighted by molar-refractivity contribution is 9.10. The van der Waals surface area contributed by atoms with E-state index in [4.69, 9.17) is 11.6 Å². The van der Waals surface area contributed by atoms with E-state index in [1.165, 1.54) is 11.3 Å². The van der Waals surface area contributed by atoms with Crippen molar-refractivity contribution in [1.29, 1.82) is 0 Å². The normalized spacial score (nSPS) is 10.3. The second-order valence-electron chi connectivity index (χ2n) is 3.55. The molecular weight excluding hydrogens is 322 g/mol. The standard InChI is InChI=1S/C12H9BrClNOS/c1-7-5-17-6-9(7)12(16)15-11-4-8(14)2-3-10(11)13/h2-6H,1H3,(H,15,16). The summed E-state index contributed by atoms with van der Waals surface area (Å²) in [6.07, 6.45) is 0. The van der Waals surface area contributed by atoms with Crippen molar-refractivity contribution in [3.8, 4) is 0 Å². The first-order valence-corrected chi connectivity index (χ1v) is 6.98. The average Bonchev–Trinajstić information content (AvgIpc) is 2.70. The number of hydrogen-bond donors (Lipinski definition) is 1. The fourth-order valence-corrected chi connectivity index (χ4v) is 2.72. The van der Waals surface area contributed by atoms with Gasteiger partial charge in [-0.05, 0) is 52.0 Å². The summed E-state index contributed by atoms with van der Waals surface area (Å²) >= 11 is 10.8. The molecule has 0 aliphatic rings. The lowest BCUT2D eigenvalue weighted by Gasteiger charge is -2.07. The molecule has 0 radical (unpaired) electrons. The van der Waals surface area contributed by atoms with Gasteiger partial charge in [0.05, 0.1) is 11.3 Å². The Hall–Kier alpha value is -0.840. The third-order valence-corrected chi connectivity index (χ3v) is 4.06. The van der Waals surface area contributed by atoms with Gasteiger partial charge >= 0.3 is 0 Å². The zero-order valence-electron chi connectivity index (χ0n) is 8.96. The molecule has 2 aromatic rings. The van der Waals surface area contributed by atoms with Gasteiger partial charge in [-0.3, -0.25) is 4.79 Å². The van der Waals surface area contributed by atoms with E-state index in [1.807, 2.05) is 17.7 Å². The maximum atomic E-state index is 12.0. The summed E-state index contributed by atoms with van der Waals surface area (Å²) in [6, 6.07) is 5.28. The minimum atomic E-state index is -0.119. The molecule has 5 heteroatoms. The summed E-state index contributed by atoms with van der Waals surface area (Å²) in [6.45, 7) is 1.92. The Morgan fingerprint density at radius 2 is 2.18 bits per heavy atom. The summed E-state index contributed by atoms with van der Waals surface area (Å²) in [5.41, 5.74) is 2.35. The first-order valence-electron chi connectivity index (χ1n) is 4.87. The number of benzene rings is 1. The summed E-state index contributed by atoms with van der Waals surface area (Å²) in [5.74, 6) is -0.119. The zero-order chi connectivity index (χ0) is 12.4. The number of halogens is 2. The first kappa shape index (κ1) is 12.6. The molecule has 0 atom stereocenters. The van der Waals surface area contributed by atoms with Crippen molar-refractivity contribution in [2.45, 2.75) is 6.92 Å². The van der Waals surface area contributed by atoms with Crippen LogP contribution < -0.4 is 5.32 Å². The highest BCUT2D eigenvalue weighted by atomic mass is 79.9. The van der Waals surface area contributed by atoms with Crippen molar-refractivity contribution in [2.75, 3.05) is 5.32 Å². The van der Waals surface area contributed by atoms with Crippen LogP contribution in [0.4, 0.5) is 5.69 Å². The quantitative estimate of drug-likeness (QED) is 0.847. The Labute approximate surface area is 117 Å². The maximum Gasteiger partial charge on any atom is 0.256 e. The molecular formula is C12H9BrClNOS. The molecule has 0 saturated heterocycles. The predicted octanol–water partition coefficient (Wildman–Crippen LogP) is 4.72. The molecule has 0 bridgehead atoms. The molecule has 0 spiro atoms. The van der Waals surface area contributed by atoms with Gasteiger partial charge in [-0.25, -0.2) is 0 Å². The van der Waals surface area contributed by atoms with E-state index in [2.05, 4.69) is 21.2 Å². The Morgan fingerprint density at radius 3 is 2.82 bits per heavy atom. The number of nitrogens with one attached hydrogen (secondary N) is 1. The lowest BCUT2D eigenvalue weighted by atomic mass is 10.2. The number of anilines is 1. The molecule has 0 aliphatic carbocycles. The number of hydrogen-bond acceptors (Lipinski definition) is 2. The zero-order valence-corrected chi connectivity index (χ0v) is 12.1. The monoisotopic (exact) mass is 329 g/mol. The fourth-order valence-electron chi connectivity index (χ4n) is 1.38. The van der Waals surface area contributed by atoms with Crippen LogP contribution in [0.15, 0.2) is 33.4 Å². The molecule has 1 amide bonds. The summed E-state index contributed by atoms with van der Waals surface area (Å²) in [7, 11) is 0.